The van der Waals surface area contributed by atoms with Crippen molar-refractivity contribution in [3.8, 4) is 23.1 Å². The fourth-order valence-corrected chi connectivity index (χ4v) is 3.29. The van der Waals surface area contributed by atoms with Crippen molar-refractivity contribution < 1.29 is 19.0 Å². The van der Waals surface area contributed by atoms with Gasteiger partial charge in [0.25, 0.3) is 0 Å². The Balaban J connectivity index is 1.39. The minimum atomic E-state index is -0.278. The molecule has 2 aromatic heterocycles. The number of amides is 1. The Labute approximate surface area is 202 Å². The van der Waals surface area contributed by atoms with Crippen molar-refractivity contribution in [2.45, 2.75) is 0 Å². The zero-order chi connectivity index (χ0) is 24.6. The van der Waals surface area contributed by atoms with Crippen molar-refractivity contribution in [3.63, 3.8) is 0 Å². The van der Waals surface area contributed by atoms with Gasteiger partial charge in [-0.15, -0.1) is 0 Å². The second kappa shape index (κ2) is 10.8. The van der Waals surface area contributed by atoms with Crippen molar-refractivity contribution in [1.82, 2.24) is 19.5 Å². The summed E-state index contributed by atoms with van der Waals surface area (Å²) >= 11 is 0. The number of hydrogen-bond acceptors (Lipinski definition) is 8. The van der Waals surface area contributed by atoms with Gasteiger partial charge in [0.05, 0.1) is 21.3 Å². The first-order valence-electron chi connectivity index (χ1n) is 10.6. The normalized spacial score (nSPS) is 10.7. The van der Waals surface area contributed by atoms with Crippen LogP contribution >= 0.6 is 0 Å². The number of ether oxygens (including phenoxy) is 3. The van der Waals surface area contributed by atoms with Gasteiger partial charge in [0.2, 0.25) is 11.7 Å². The van der Waals surface area contributed by atoms with Crippen LogP contribution in [0.1, 0.15) is 5.56 Å². The summed E-state index contributed by atoms with van der Waals surface area (Å²) in [4.78, 5) is 24.9. The number of hydrogen-bond donors (Lipinski definition) is 2. The lowest BCUT2D eigenvalue weighted by molar-refractivity contribution is -0.111. The highest BCUT2D eigenvalue weighted by Crippen LogP contribution is 2.38. The second-order valence-electron chi connectivity index (χ2n) is 7.22. The van der Waals surface area contributed by atoms with Gasteiger partial charge in [0, 0.05) is 35.9 Å². The zero-order valence-corrected chi connectivity index (χ0v) is 19.4. The highest BCUT2D eigenvalue weighted by atomic mass is 16.5. The van der Waals surface area contributed by atoms with Crippen LogP contribution in [-0.2, 0) is 4.79 Å². The predicted molar refractivity (Wildman–Crippen MR) is 133 cm³/mol. The average Bonchev–Trinajstić information content (AvgIpc) is 3.43. The molecule has 4 aromatic rings. The van der Waals surface area contributed by atoms with Crippen LogP contribution in [0.4, 0.5) is 17.2 Å². The fraction of sp³-hybridized carbons (Fsp3) is 0.120. The molecule has 1 amide bonds. The van der Waals surface area contributed by atoms with E-state index in [-0.39, 0.29) is 5.91 Å². The Morgan fingerprint density at radius 2 is 1.66 bits per heavy atom. The summed E-state index contributed by atoms with van der Waals surface area (Å²) in [6, 6.07) is 12.6. The van der Waals surface area contributed by atoms with Crippen LogP contribution in [0.25, 0.3) is 11.9 Å². The number of methoxy groups -OCH3 is 3. The molecule has 0 saturated carbocycles. The molecular formula is C25H24N6O4. The lowest BCUT2D eigenvalue weighted by Crippen LogP contribution is -2.07. The minimum absolute atomic E-state index is 0.278. The van der Waals surface area contributed by atoms with Crippen LogP contribution in [0.3, 0.4) is 0 Å². The first-order chi connectivity index (χ1) is 17.1. The molecule has 0 aliphatic carbocycles. The van der Waals surface area contributed by atoms with Crippen molar-refractivity contribution >= 4 is 29.2 Å². The van der Waals surface area contributed by atoms with Crippen LogP contribution in [-0.4, -0.2) is 46.8 Å². The fourth-order valence-electron chi connectivity index (χ4n) is 3.29. The van der Waals surface area contributed by atoms with Gasteiger partial charge >= 0.3 is 0 Å². The summed E-state index contributed by atoms with van der Waals surface area (Å²) in [5.74, 6) is 2.56. The lowest BCUT2D eigenvalue weighted by Gasteiger charge is -2.12. The molecule has 0 fully saturated rings. The molecular weight excluding hydrogens is 448 g/mol. The topological polar surface area (TPSA) is 112 Å². The van der Waals surface area contributed by atoms with E-state index in [2.05, 4.69) is 25.6 Å². The summed E-state index contributed by atoms with van der Waals surface area (Å²) in [6.45, 7) is 0. The predicted octanol–water partition coefficient (Wildman–Crippen LogP) is 4.08. The molecule has 0 bridgehead atoms. The largest absolute Gasteiger partial charge is 0.493 e. The number of carbonyl (C=O) groups is 1. The molecule has 10 heteroatoms. The third-order valence-electron chi connectivity index (χ3n) is 4.96. The van der Waals surface area contributed by atoms with E-state index in [4.69, 9.17) is 14.2 Å². The molecule has 2 heterocycles. The van der Waals surface area contributed by atoms with Crippen LogP contribution < -0.4 is 24.8 Å². The van der Waals surface area contributed by atoms with Crippen LogP contribution in [0.5, 0.6) is 17.2 Å². The molecule has 2 aromatic carbocycles. The summed E-state index contributed by atoms with van der Waals surface area (Å²) in [7, 11) is 4.62. The Hall–Kier alpha value is -4.86. The number of anilines is 3. The first-order valence-corrected chi connectivity index (χ1v) is 10.6. The van der Waals surface area contributed by atoms with E-state index < -0.39 is 0 Å². The molecule has 0 aliphatic heterocycles. The number of aromatic nitrogens is 4. The van der Waals surface area contributed by atoms with Crippen LogP contribution in [0.15, 0.2) is 73.6 Å². The zero-order valence-electron chi connectivity index (χ0n) is 19.4. The molecule has 0 radical (unpaired) electrons. The van der Waals surface area contributed by atoms with Gasteiger partial charge in [-0.25, -0.2) is 15.0 Å². The van der Waals surface area contributed by atoms with Gasteiger partial charge in [-0.1, -0.05) is 0 Å². The van der Waals surface area contributed by atoms with Crippen molar-refractivity contribution in [2.24, 2.45) is 0 Å². The van der Waals surface area contributed by atoms with E-state index >= 15 is 0 Å². The van der Waals surface area contributed by atoms with E-state index in [0.29, 0.717) is 34.6 Å². The minimum Gasteiger partial charge on any atom is -0.493 e. The molecule has 0 spiro atoms. The van der Waals surface area contributed by atoms with Crippen molar-refractivity contribution in [1.29, 1.82) is 0 Å². The monoisotopic (exact) mass is 472 g/mol. The van der Waals surface area contributed by atoms with Gasteiger partial charge in [-0.2, -0.15) is 0 Å². The van der Waals surface area contributed by atoms with E-state index in [1.165, 1.54) is 19.5 Å². The van der Waals surface area contributed by atoms with Gasteiger partial charge in [-0.3, -0.25) is 9.36 Å². The number of rotatable bonds is 9. The Morgan fingerprint density at radius 1 is 0.943 bits per heavy atom. The van der Waals surface area contributed by atoms with E-state index in [1.807, 2.05) is 18.2 Å². The highest BCUT2D eigenvalue weighted by molar-refractivity contribution is 6.02. The number of benzene rings is 2. The highest BCUT2D eigenvalue weighted by Gasteiger charge is 2.12. The summed E-state index contributed by atoms with van der Waals surface area (Å²) < 4.78 is 17.8. The summed E-state index contributed by atoms with van der Waals surface area (Å²) in [6.07, 6.45) is 9.74. The maximum absolute atomic E-state index is 12.4. The van der Waals surface area contributed by atoms with Gasteiger partial charge in [-0.05, 0) is 48.0 Å². The van der Waals surface area contributed by atoms with E-state index in [1.54, 1.807) is 67.8 Å². The quantitative estimate of drug-likeness (QED) is 0.351. The molecule has 0 saturated heterocycles. The second-order valence-corrected chi connectivity index (χ2v) is 7.22. The van der Waals surface area contributed by atoms with E-state index in [9.17, 15) is 4.79 Å². The van der Waals surface area contributed by atoms with Crippen molar-refractivity contribution in [3.05, 3.63) is 79.2 Å². The first kappa shape index (κ1) is 23.3. The SMILES string of the molecule is COc1cc(/C=C/C(=O)Nc2ccc(Nc3cc(-n4ccnc4)ncn3)cc2)cc(OC)c1OC. The Kier molecular flexibility index (Phi) is 7.22. The van der Waals surface area contributed by atoms with E-state index in [0.717, 1.165) is 11.3 Å². The molecule has 10 nitrogen and oxygen atoms in total. The molecule has 0 aliphatic rings. The van der Waals surface area contributed by atoms with Crippen LogP contribution in [0.2, 0.25) is 0 Å². The average molecular weight is 473 g/mol. The van der Waals surface area contributed by atoms with Crippen LogP contribution in [0, 0.1) is 0 Å². The Morgan fingerprint density at radius 3 is 2.29 bits per heavy atom. The summed E-state index contributed by atoms with van der Waals surface area (Å²) in [5.41, 5.74) is 2.19. The van der Waals surface area contributed by atoms with Gasteiger partial charge in [0.1, 0.15) is 24.3 Å². The number of nitrogens with one attached hydrogen (secondary N) is 2. The number of carbonyl (C=O) groups excluding carboxylic acids is 1. The number of imidazole rings is 1. The molecule has 0 unspecified atom stereocenters. The Bertz CT molecular complexity index is 1300. The number of nitrogens with zero attached hydrogens (tertiary/aromatic N) is 4. The molecule has 178 valence electrons. The van der Waals surface area contributed by atoms with Gasteiger partial charge in [0.15, 0.2) is 11.5 Å². The standard InChI is InChI=1S/C25H24N6O4/c1-33-20-12-17(13-21(34-2)25(20)35-3)4-9-24(32)30-19-7-5-18(6-8-19)29-22-14-23(28-15-27-22)31-11-10-26-16-31/h4-16H,1-3H3,(H,30,32)(H,27,28,29)/b9-4+. The third kappa shape index (κ3) is 5.74. The molecule has 35 heavy (non-hydrogen) atoms. The smallest absolute Gasteiger partial charge is 0.248 e. The van der Waals surface area contributed by atoms with Crippen molar-refractivity contribution in [2.75, 3.05) is 32.0 Å². The lowest BCUT2D eigenvalue weighted by atomic mass is 10.1. The molecule has 4 rings (SSSR count). The molecule has 2 N–H and O–H groups in total. The molecule has 0 atom stereocenters. The third-order valence-corrected chi connectivity index (χ3v) is 4.96. The maximum Gasteiger partial charge on any atom is 0.248 e. The summed E-state index contributed by atoms with van der Waals surface area (Å²) in [5, 5.41) is 6.05. The maximum atomic E-state index is 12.4. The van der Waals surface area contributed by atoms with Gasteiger partial charge < -0.3 is 24.8 Å².